The lowest BCUT2D eigenvalue weighted by molar-refractivity contribution is -0.141. The minimum Gasteiger partial charge on any atom is -0.458 e. The fraction of sp³-hybridized carbons (Fsp3) is 0.714. The van der Waals surface area contributed by atoms with E-state index in [9.17, 15) is 9.59 Å². The number of hydrogen-bond donors (Lipinski definition) is 0. The van der Waals surface area contributed by atoms with Crippen molar-refractivity contribution in [3.05, 3.63) is 0 Å². The van der Waals surface area contributed by atoms with Gasteiger partial charge in [-0.3, -0.25) is 9.59 Å². The molecule has 66 valence electrons. The molecule has 0 rings (SSSR count). The SMILES string of the molecule is CC.CN(C)C(=O)COC=O. The number of hydrogen-bond acceptors (Lipinski definition) is 3. The van der Waals surface area contributed by atoms with Crippen LogP contribution in [0.3, 0.4) is 0 Å². The maximum absolute atomic E-state index is 10.5. The van der Waals surface area contributed by atoms with Gasteiger partial charge in [0, 0.05) is 14.1 Å². The molecule has 11 heavy (non-hydrogen) atoms. The summed E-state index contributed by atoms with van der Waals surface area (Å²) < 4.78 is 4.18. The minimum atomic E-state index is -0.220. The molecular weight excluding hydrogens is 146 g/mol. The fourth-order valence-electron chi connectivity index (χ4n) is 0.234. The molecule has 0 aromatic heterocycles. The van der Waals surface area contributed by atoms with E-state index < -0.39 is 0 Å². The number of carbonyl (C=O) groups excluding carboxylic acids is 2. The number of rotatable bonds is 3. The van der Waals surface area contributed by atoms with Crippen molar-refractivity contribution in [3.63, 3.8) is 0 Å². The quantitative estimate of drug-likeness (QED) is 0.558. The van der Waals surface area contributed by atoms with E-state index in [0.29, 0.717) is 0 Å². The molecule has 0 aromatic rings. The first-order chi connectivity index (χ1) is 5.18. The summed E-state index contributed by atoms with van der Waals surface area (Å²) in [7, 11) is 3.19. The Kier molecular flexibility index (Phi) is 10.2. The predicted octanol–water partition coefficient (Wildman–Crippen LogP) is 0.274. The van der Waals surface area contributed by atoms with Crippen LogP contribution in [0.5, 0.6) is 0 Å². The highest BCUT2D eigenvalue weighted by Crippen LogP contribution is 1.77. The molecule has 0 aliphatic carbocycles. The molecule has 1 amide bonds. The molecule has 0 aliphatic rings. The maximum Gasteiger partial charge on any atom is 0.293 e. The second kappa shape index (κ2) is 8.94. The largest absolute Gasteiger partial charge is 0.458 e. The fourth-order valence-corrected chi connectivity index (χ4v) is 0.234. The third kappa shape index (κ3) is 8.94. The Hall–Kier alpha value is -1.06. The van der Waals surface area contributed by atoms with E-state index in [1.165, 1.54) is 4.90 Å². The van der Waals surface area contributed by atoms with E-state index in [-0.39, 0.29) is 19.0 Å². The van der Waals surface area contributed by atoms with Crippen LogP contribution >= 0.6 is 0 Å². The highest BCUT2D eigenvalue weighted by atomic mass is 16.5. The predicted molar refractivity (Wildman–Crippen MR) is 42.1 cm³/mol. The zero-order valence-corrected chi connectivity index (χ0v) is 7.46. The van der Waals surface area contributed by atoms with Gasteiger partial charge in [0.25, 0.3) is 12.4 Å². The van der Waals surface area contributed by atoms with Crippen LogP contribution in [-0.4, -0.2) is 38.0 Å². The van der Waals surface area contributed by atoms with Crippen molar-refractivity contribution in [2.75, 3.05) is 20.7 Å². The molecule has 0 fully saturated rings. The lowest BCUT2D eigenvalue weighted by Gasteiger charge is -2.07. The van der Waals surface area contributed by atoms with Gasteiger partial charge in [-0.15, -0.1) is 0 Å². The third-order valence-electron chi connectivity index (χ3n) is 0.774. The summed E-state index contributed by atoms with van der Waals surface area (Å²) in [5.41, 5.74) is 0. The lowest BCUT2D eigenvalue weighted by Crippen LogP contribution is -2.25. The van der Waals surface area contributed by atoms with Gasteiger partial charge in [-0.1, -0.05) is 13.8 Å². The molecule has 0 unspecified atom stereocenters. The standard InChI is InChI=1S/C5H9NO3.C2H6/c1-6(2)5(8)3-9-4-7;1-2/h4H,3H2,1-2H3;1-2H3. The molecule has 0 aliphatic heterocycles. The van der Waals surface area contributed by atoms with E-state index >= 15 is 0 Å². The van der Waals surface area contributed by atoms with Crippen LogP contribution < -0.4 is 0 Å². The maximum atomic E-state index is 10.5. The van der Waals surface area contributed by atoms with Crippen LogP contribution in [0.4, 0.5) is 0 Å². The normalized spacial score (nSPS) is 7.27. The van der Waals surface area contributed by atoms with Crippen LogP contribution in [0, 0.1) is 0 Å². The van der Waals surface area contributed by atoms with Crippen LogP contribution in [0.25, 0.3) is 0 Å². The molecule has 0 atom stereocenters. The molecule has 0 bridgehead atoms. The molecule has 0 saturated carbocycles. The van der Waals surface area contributed by atoms with Gasteiger partial charge in [-0.05, 0) is 0 Å². The minimum absolute atomic E-state index is 0.170. The molecular formula is C7H15NO3. The van der Waals surface area contributed by atoms with Crippen molar-refractivity contribution in [1.29, 1.82) is 0 Å². The van der Waals surface area contributed by atoms with Crippen LogP contribution in [0.2, 0.25) is 0 Å². The van der Waals surface area contributed by atoms with Crippen molar-refractivity contribution in [1.82, 2.24) is 4.90 Å². The Morgan fingerprint density at radius 1 is 1.45 bits per heavy atom. The number of carbonyl (C=O) groups is 2. The summed E-state index contributed by atoms with van der Waals surface area (Å²) >= 11 is 0. The second-order valence-electron chi connectivity index (χ2n) is 1.70. The van der Waals surface area contributed by atoms with Gasteiger partial charge in [-0.25, -0.2) is 0 Å². The summed E-state index contributed by atoms with van der Waals surface area (Å²) in [6.45, 7) is 4.08. The van der Waals surface area contributed by atoms with Crippen molar-refractivity contribution < 1.29 is 14.3 Å². The van der Waals surface area contributed by atoms with Gasteiger partial charge in [0.05, 0.1) is 0 Å². The first-order valence-electron chi connectivity index (χ1n) is 3.44. The third-order valence-corrected chi connectivity index (χ3v) is 0.774. The Morgan fingerprint density at radius 2 is 1.91 bits per heavy atom. The van der Waals surface area contributed by atoms with Crippen LogP contribution in [0.15, 0.2) is 0 Å². The van der Waals surface area contributed by atoms with Crippen molar-refractivity contribution in [2.45, 2.75) is 13.8 Å². The van der Waals surface area contributed by atoms with E-state index in [2.05, 4.69) is 4.74 Å². The monoisotopic (exact) mass is 161 g/mol. The molecule has 4 heteroatoms. The Bertz CT molecular complexity index is 112. The Balaban J connectivity index is 0. The van der Waals surface area contributed by atoms with Crippen LogP contribution in [-0.2, 0) is 14.3 Å². The zero-order chi connectivity index (χ0) is 9.28. The number of ether oxygens (including phenoxy) is 1. The highest BCUT2D eigenvalue weighted by Gasteiger charge is 2.01. The molecule has 0 saturated heterocycles. The average molecular weight is 161 g/mol. The van der Waals surface area contributed by atoms with Gasteiger partial charge in [0.15, 0.2) is 6.61 Å². The van der Waals surface area contributed by atoms with E-state index in [0.717, 1.165) is 0 Å². The summed E-state index contributed by atoms with van der Waals surface area (Å²) in [5, 5.41) is 0. The zero-order valence-electron chi connectivity index (χ0n) is 7.46. The van der Waals surface area contributed by atoms with Crippen molar-refractivity contribution in [2.24, 2.45) is 0 Å². The van der Waals surface area contributed by atoms with Gasteiger partial charge in [0.1, 0.15) is 0 Å². The number of nitrogens with zero attached hydrogens (tertiary/aromatic N) is 1. The first kappa shape index (κ1) is 12.6. The number of likely N-dealkylation sites (N-methyl/N-ethyl adjacent to an activating group) is 1. The Morgan fingerprint density at radius 3 is 2.18 bits per heavy atom. The van der Waals surface area contributed by atoms with Crippen LogP contribution in [0.1, 0.15) is 13.8 Å². The highest BCUT2D eigenvalue weighted by molar-refractivity contribution is 5.77. The van der Waals surface area contributed by atoms with Gasteiger partial charge in [-0.2, -0.15) is 0 Å². The molecule has 4 nitrogen and oxygen atoms in total. The second-order valence-corrected chi connectivity index (χ2v) is 1.70. The van der Waals surface area contributed by atoms with Crippen molar-refractivity contribution in [3.8, 4) is 0 Å². The summed E-state index contributed by atoms with van der Waals surface area (Å²) in [6.07, 6.45) is 0. The smallest absolute Gasteiger partial charge is 0.293 e. The Labute approximate surface area is 67.1 Å². The van der Waals surface area contributed by atoms with Crippen molar-refractivity contribution >= 4 is 12.4 Å². The van der Waals surface area contributed by atoms with Gasteiger partial charge >= 0.3 is 0 Å². The average Bonchev–Trinajstić information content (AvgIpc) is 2.03. The topological polar surface area (TPSA) is 46.6 Å². The number of amides is 1. The summed E-state index contributed by atoms with van der Waals surface area (Å²) in [4.78, 5) is 21.4. The molecule has 0 N–H and O–H groups in total. The van der Waals surface area contributed by atoms with Gasteiger partial charge in [0.2, 0.25) is 0 Å². The summed E-state index contributed by atoms with van der Waals surface area (Å²) in [6, 6.07) is 0. The molecule has 0 aromatic carbocycles. The lowest BCUT2D eigenvalue weighted by atomic mass is 10.6. The first-order valence-corrected chi connectivity index (χ1v) is 3.44. The molecule has 0 spiro atoms. The van der Waals surface area contributed by atoms with E-state index in [1.807, 2.05) is 13.8 Å². The molecule has 0 radical (unpaired) electrons. The van der Waals surface area contributed by atoms with Gasteiger partial charge < -0.3 is 9.64 Å². The summed E-state index contributed by atoms with van der Waals surface area (Å²) in [5.74, 6) is -0.220. The van der Waals surface area contributed by atoms with E-state index in [1.54, 1.807) is 14.1 Å². The molecule has 0 heterocycles. The van der Waals surface area contributed by atoms with E-state index in [4.69, 9.17) is 0 Å².